The smallest absolute Gasteiger partial charge is 0.164 e. The third-order valence-corrected chi connectivity index (χ3v) is 2.07. The molecule has 0 spiro atoms. The van der Waals surface area contributed by atoms with E-state index in [1.165, 1.54) is 0 Å². The fourth-order valence-electron chi connectivity index (χ4n) is 1.25. The highest BCUT2D eigenvalue weighted by molar-refractivity contribution is 5.48. The van der Waals surface area contributed by atoms with Gasteiger partial charge in [-0.25, -0.2) is 0 Å². The standard InChI is InChI=1S/C11H14O2/c1-4-8(2)9-6-5-7-10(12)11(9)13-3/h4-8,12H,1H2,2-3H3. The molecule has 1 unspecified atom stereocenters. The molecule has 1 rings (SSSR count). The molecule has 1 aromatic rings. The van der Waals surface area contributed by atoms with Crippen LogP contribution in [0.25, 0.3) is 0 Å². The predicted octanol–water partition coefficient (Wildman–Crippen LogP) is 2.69. The molecule has 1 aromatic carbocycles. The lowest BCUT2D eigenvalue weighted by Gasteiger charge is -2.12. The quantitative estimate of drug-likeness (QED) is 0.721. The number of hydrogen-bond donors (Lipinski definition) is 1. The van der Waals surface area contributed by atoms with Crippen LogP contribution in [0.2, 0.25) is 0 Å². The predicted molar refractivity (Wildman–Crippen MR) is 53.3 cm³/mol. The first-order chi connectivity index (χ1) is 6.20. The molecule has 2 nitrogen and oxygen atoms in total. The number of methoxy groups -OCH3 is 1. The molecule has 0 aliphatic carbocycles. The van der Waals surface area contributed by atoms with Crippen molar-refractivity contribution in [2.75, 3.05) is 7.11 Å². The van der Waals surface area contributed by atoms with Crippen LogP contribution >= 0.6 is 0 Å². The molecule has 70 valence electrons. The summed E-state index contributed by atoms with van der Waals surface area (Å²) in [5.41, 5.74) is 0.956. The van der Waals surface area contributed by atoms with Crippen molar-refractivity contribution in [3.05, 3.63) is 36.4 Å². The van der Waals surface area contributed by atoms with Gasteiger partial charge < -0.3 is 9.84 Å². The van der Waals surface area contributed by atoms with E-state index in [9.17, 15) is 5.11 Å². The number of ether oxygens (including phenoxy) is 1. The monoisotopic (exact) mass is 178 g/mol. The summed E-state index contributed by atoms with van der Waals surface area (Å²) in [7, 11) is 1.55. The van der Waals surface area contributed by atoms with Crippen molar-refractivity contribution in [3.8, 4) is 11.5 Å². The average Bonchev–Trinajstić information content (AvgIpc) is 2.16. The molecule has 0 radical (unpaired) electrons. The molecule has 0 fully saturated rings. The van der Waals surface area contributed by atoms with E-state index in [1.54, 1.807) is 19.2 Å². The lowest BCUT2D eigenvalue weighted by Crippen LogP contribution is -1.94. The Morgan fingerprint density at radius 3 is 2.77 bits per heavy atom. The Bertz CT molecular complexity index is 305. The lowest BCUT2D eigenvalue weighted by atomic mass is 10.00. The minimum absolute atomic E-state index is 0.175. The van der Waals surface area contributed by atoms with Crippen molar-refractivity contribution >= 4 is 0 Å². The van der Waals surface area contributed by atoms with Gasteiger partial charge in [-0.05, 0) is 6.07 Å². The minimum Gasteiger partial charge on any atom is -0.504 e. The molecule has 0 saturated carbocycles. The molecule has 0 heterocycles. The van der Waals surface area contributed by atoms with E-state index < -0.39 is 0 Å². The van der Waals surface area contributed by atoms with Crippen molar-refractivity contribution in [1.29, 1.82) is 0 Å². The summed E-state index contributed by atoms with van der Waals surface area (Å²) in [5.74, 6) is 0.894. The second-order valence-corrected chi connectivity index (χ2v) is 2.92. The first-order valence-corrected chi connectivity index (χ1v) is 4.19. The van der Waals surface area contributed by atoms with Crippen LogP contribution in [-0.2, 0) is 0 Å². The number of para-hydroxylation sites is 1. The number of phenolic OH excluding ortho intramolecular Hbond substituents is 1. The normalized spacial score (nSPS) is 12.2. The Morgan fingerprint density at radius 2 is 2.23 bits per heavy atom. The van der Waals surface area contributed by atoms with Gasteiger partial charge in [0, 0.05) is 11.5 Å². The number of benzene rings is 1. The number of allylic oxidation sites excluding steroid dienone is 1. The number of aromatic hydroxyl groups is 1. The van der Waals surface area contributed by atoms with E-state index in [0.29, 0.717) is 5.75 Å². The van der Waals surface area contributed by atoms with Crippen molar-refractivity contribution in [1.82, 2.24) is 0 Å². The van der Waals surface area contributed by atoms with Crippen LogP contribution in [0, 0.1) is 0 Å². The summed E-state index contributed by atoms with van der Waals surface area (Å²) >= 11 is 0. The second kappa shape index (κ2) is 3.99. The van der Waals surface area contributed by atoms with E-state index in [1.807, 2.05) is 19.1 Å². The zero-order valence-electron chi connectivity index (χ0n) is 7.95. The Balaban J connectivity index is 3.19. The van der Waals surface area contributed by atoms with Crippen LogP contribution < -0.4 is 4.74 Å². The maximum atomic E-state index is 9.48. The summed E-state index contributed by atoms with van der Waals surface area (Å²) in [5, 5.41) is 9.48. The van der Waals surface area contributed by atoms with Gasteiger partial charge in [0.2, 0.25) is 0 Å². The third kappa shape index (κ3) is 1.83. The maximum Gasteiger partial charge on any atom is 0.164 e. The van der Waals surface area contributed by atoms with Crippen LogP contribution in [0.3, 0.4) is 0 Å². The summed E-state index contributed by atoms with van der Waals surface area (Å²) in [6, 6.07) is 5.33. The molecule has 0 aliphatic heterocycles. The first kappa shape index (κ1) is 9.65. The Morgan fingerprint density at radius 1 is 1.54 bits per heavy atom. The van der Waals surface area contributed by atoms with Crippen molar-refractivity contribution < 1.29 is 9.84 Å². The van der Waals surface area contributed by atoms with Crippen LogP contribution in [0.1, 0.15) is 18.4 Å². The maximum absolute atomic E-state index is 9.48. The molecule has 2 heteroatoms. The van der Waals surface area contributed by atoms with Crippen LogP contribution in [0.4, 0.5) is 0 Å². The highest BCUT2D eigenvalue weighted by atomic mass is 16.5. The summed E-state index contributed by atoms with van der Waals surface area (Å²) in [4.78, 5) is 0. The molecule has 1 atom stereocenters. The second-order valence-electron chi connectivity index (χ2n) is 2.92. The fourth-order valence-corrected chi connectivity index (χ4v) is 1.25. The van der Waals surface area contributed by atoms with Gasteiger partial charge in [0.25, 0.3) is 0 Å². The van der Waals surface area contributed by atoms with E-state index in [2.05, 4.69) is 6.58 Å². The van der Waals surface area contributed by atoms with Gasteiger partial charge in [-0.2, -0.15) is 0 Å². The van der Waals surface area contributed by atoms with Crippen molar-refractivity contribution in [2.45, 2.75) is 12.8 Å². The highest BCUT2D eigenvalue weighted by Gasteiger charge is 2.11. The molecular formula is C11H14O2. The van der Waals surface area contributed by atoms with Gasteiger partial charge >= 0.3 is 0 Å². The molecule has 1 N–H and O–H groups in total. The van der Waals surface area contributed by atoms with Gasteiger partial charge in [-0.3, -0.25) is 0 Å². The zero-order valence-corrected chi connectivity index (χ0v) is 7.95. The van der Waals surface area contributed by atoms with Gasteiger partial charge in [0.1, 0.15) is 0 Å². The lowest BCUT2D eigenvalue weighted by molar-refractivity contribution is 0.368. The number of rotatable bonds is 3. The Labute approximate surface area is 78.5 Å². The molecule has 13 heavy (non-hydrogen) atoms. The molecule has 0 bridgehead atoms. The van der Waals surface area contributed by atoms with Gasteiger partial charge in [-0.15, -0.1) is 6.58 Å². The van der Waals surface area contributed by atoms with Crippen LogP contribution in [-0.4, -0.2) is 12.2 Å². The molecule has 0 aromatic heterocycles. The molecular weight excluding hydrogens is 164 g/mol. The minimum atomic E-state index is 0.175. The van der Waals surface area contributed by atoms with Crippen LogP contribution in [0.15, 0.2) is 30.9 Å². The summed E-state index contributed by atoms with van der Waals surface area (Å²) in [6.07, 6.45) is 1.82. The molecule has 0 amide bonds. The Hall–Kier alpha value is -1.44. The van der Waals surface area contributed by atoms with E-state index in [-0.39, 0.29) is 11.7 Å². The number of hydrogen-bond acceptors (Lipinski definition) is 2. The van der Waals surface area contributed by atoms with Crippen molar-refractivity contribution in [3.63, 3.8) is 0 Å². The van der Waals surface area contributed by atoms with Crippen molar-refractivity contribution in [2.24, 2.45) is 0 Å². The number of phenols is 1. The molecule has 0 aliphatic rings. The largest absolute Gasteiger partial charge is 0.504 e. The molecule has 0 saturated heterocycles. The Kier molecular flexibility index (Phi) is 2.96. The van der Waals surface area contributed by atoms with E-state index in [0.717, 1.165) is 5.56 Å². The topological polar surface area (TPSA) is 29.5 Å². The SMILES string of the molecule is C=CC(C)c1cccc(O)c1OC. The highest BCUT2D eigenvalue weighted by Crippen LogP contribution is 2.34. The summed E-state index contributed by atoms with van der Waals surface area (Å²) < 4.78 is 5.10. The average molecular weight is 178 g/mol. The van der Waals surface area contributed by atoms with Gasteiger partial charge in [0.05, 0.1) is 7.11 Å². The van der Waals surface area contributed by atoms with Gasteiger partial charge in [0.15, 0.2) is 11.5 Å². The first-order valence-electron chi connectivity index (χ1n) is 4.19. The van der Waals surface area contributed by atoms with Crippen LogP contribution in [0.5, 0.6) is 11.5 Å². The zero-order chi connectivity index (χ0) is 9.84. The van der Waals surface area contributed by atoms with Gasteiger partial charge in [-0.1, -0.05) is 25.1 Å². The van der Waals surface area contributed by atoms with E-state index in [4.69, 9.17) is 4.74 Å². The van der Waals surface area contributed by atoms with E-state index >= 15 is 0 Å². The summed E-state index contributed by atoms with van der Waals surface area (Å²) in [6.45, 7) is 5.71. The third-order valence-electron chi connectivity index (χ3n) is 2.07. The fraction of sp³-hybridized carbons (Fsp3) is 0.273.